The van der Waals surface area contributed by atoms with Crippen molar-refractivity contribution in [2.24, 2.45) is 0 Å². The highest BCUT2D eigenvalue weighted by molar-refractivity contribution is 7.07. The molecule has 15 heavy (non-hydrogen) atoms. The summed E-state index contributed by atoms with van der Waals surface area (Å²) in [5.41, 5.74) is 2.35. The molecule has 0 saturated carbocycles. The third-order valence-electron chi connectivity index (χ3n) is 2.28. The molecule has 1 N–H and O–H groups in total. The summed E-state index contributed by atoms with van der Waals surface area (Å²) in [6.45, 7) is 2.93. The number of aromatic nitrogens is 2. The van der Waals surface area contributed by atoms with Gasteiger partial charge in [0.1, 0.15) is 6.33 Å². The molecule has 0 spiro atoms. The monoisotopic (exact) mass is 219 g/mol. The largest absolute Gasteiger partial charge is 0.305 e. The van der Waals surface area contributed by atoms with Crippen LogP contribution in [-0.2, 0) is 6.54 Å². The summed E-state index contributed by atoms with van der Waals surface area (Å²) in [7, 11) is 0. The molecule has 0 aliphatic rings. The zero-order valence-corrected chi connectivity index (χ0v) is 9.37. The molecule has 0 amide bonds. The molecule has 2 aromatic rings. The van der Waals surface area contributed by atoms with Crippen molar-refractivity contribution in [3.63, 3.8) is 0 Å². The van der Waals surface area contributed by atoms with Gasteiger partial charge < -0.3 is 5.32 Å². The Morgan fingerprint density at radius 1 is 1.47 bits per heavy atom. The van der Waals surface area contributed by atoms with Gasteiger partial charge in [-0.15, -0.1) is 0 Å². The van der Waals surface area contributed by atoms with Gasteiger partial charge in [-0.25, -0.2) is 9.97 Å². The van der Waals surface area contributed by atoms with E-state index in [0.29, 0.717) is 6.04 Å². The summed E-state index contributed by atoms with van der Waals surface area (Å²) in [5, 5.41) is 7.68. The number of hydrogen-bond donors (Lipinski definition) is 1. The lowest BCUT2D eigenvalue weighted by Crippen LogP contribution is -2.18. The van der Waals surface area contributed by atoms with Crippen LogP contribution in [0.4, 0.5) is 0 Å². The Bertz CT molecular complexity index is 385. The fourth-order valence-corrected chi connectivity index (χ4v) is 2.07. The van der Waals surface area contributed by atoms with E-state index in [1.807, 2.05) is 6.07 Å². The maximum Gasteiger partial charge on any atom is 0.115 e. The van der Waals surface area contributed by atoms with Crippen LogP contribution in [0.5, 0.6) is 0 Å². The molecule has 0 bridgehead atoms. The van der Waals surface area contributed by atoms with E-state index in [2.05, 4.69) is 39.0 Å². The van der Waals surface area contributed by atoms with Crippen LogP contribution in [0.3, 0.4) is 0 Å². The van der Waals surface area contributed by atoms with Crippen LogP contribution in [-0.4, -0.2) is 9.97 Å². The van der Waals surface area contributed by atoms with E-state index < -0.39 is 0 Å². The summed E-state index contributed by atoms with van der Waals surface area (Å²) >= 11 is 1.72. The molecule has 78 valence electrons. The highest BCUT2D eigenvalue weighted by Crippen LogP contribution is 2.15. The summed E-state index contributed by atoms with van der Waals surface area (Å²) in [5.74, 6) is 0. The Morgan fingerprint density at radius 3 is 3.07 bits per heavy atom. The maximum atomic E-state index is 4.16. The standard InChI is InChI=1S/C11H13N3S/c1-9(10-3-5-15-7-10)13-6-11-2-4-12-8-14-11/h2-5,7-9,13H,6H2,1H3. The highest BCUT2D eigenvalue weighted by Gasteiger charge is 2.04. The molecule has 2 aromatic heterocycles. The molecular formula is C11H13N3S. The van der Waals surface area contributed by atoms with E-state index in [4.69, 9.17) is 0 Å². The molecule has 0 aliphatic carbocycles. The topological polar surface area (TPSA) is 37.8 Å². The van der Waals surface area contributed by atoms with Crippen molar-refractivity contribution in [1.82, 2.24) is 15.3 Å². The first kappa shape index (κ1) is 10.3. The van der Waals surface area contributed by atoms with E-state index in [-0.39, 0.29) is 0 Å². The van der Waals surface area contributed by atoms with Crippen molar-refractivity contribution in [1.29, 1.82) is 0 Å². The number of nitrogens with one attached hydrogen (secondary N) is 1. The van der Waals surface area contributed by atoms with Crippen molar-refractivity contribution in [3.05, 3.63) is 46.7 Å². The molecular weight excluding hydrogens is 206 g/mol. The average Bonchev–Trinajstić information content (AvgIpc) is 2.81. The fraction of sp³-hybridized carbons (Fsp3) is 0.273. The van der Waals surface area contributed by atoms with Gasteiger partial charge in [0.25, 0.3) is 0 Å². The van der Waals surface area contributed by atoms with E-state index >= 15 is 0 Å². The molecule has 0 aliphatic heterocycles. The smallest absolute Gasteiger partial charge is 0.115 e. The third kappa shape index (κ3) is 2.84. The Kier molecular flexibility index (Phi) is 3.42. The second-order valence-electron chi connectivity index (χ2n) is 3.36. The molecule has 4 heteroatoms. The Labute approximate surface area is 93.2 Å². The Morgan fingerprint density at radius 2 is 2.40 bits per heavy atom. The number of thiophene rings is 1. The molecule has 2 heterocycles. The van der Waals surface area contributed by atoms with Crippen LogP contribution in [0.2, 0.25) is 0 Å². The zero-order chi connectivity index (χ0) is 10.5. The van der Waals surface area contributed by atoms with Crippen molar-refractivity contribution >= 4 is 11.3 Å². The van der Waals surface area contributed by atoms with Crippen LogP contribution in [0.15, 0.2) is 35.4 Å². The minimum Gasteiger partial charge on any atom is -0.305 e. The molecule has 0 fully saturated rings. The summed E-state index contributed by atoms with van der Waals surface area (Å²) < 4.78 is 0. The zero-order valence-electron chi connectivity index (χ0n) is 8.55. The van der Waals surface area contributed by atoms with Gasteiger partial charge in [-0.3, -0.25) is 0 Å². The first-order valence-electron chi connectivity index (χ1n) is 4.86. The number of nitrogens with zero attached hydrogens (tertiary/aromatic N) is 2. The first-order valence-corrected chi connectivity index (χ1v) is 5.81. The second kappa shape index (κ2) is 5.00. The molecule has 3 nitrogen and oxygen atoms in total. The van der Waals surface area contributed by atoms with Crippen molar-refractivity contribution in [2.75, 3.05) is 0 Å². The van der Waals surface area contributed by atoms with Gasteiger partial charge in [0.05, 0.1) is 5.69 Å². The lowest BCUT2D eigenvalue weighted by atomic mass is 10.2. The van der Waals surface area contributed by atoms with Gasteiger partial charge in [0.2, 0.25) is 0 Å². The van der Waals surface area contributed by atoms with Crippen LogP contribution in [0.25, 0.3) is 0 Å². The molecule has 0 saturated heterocycles. The van der Waals surface area contributed by atoms with E-state index in [9.17, 15) is 0 Å². The fourth-order valence-electron chi connectivity index (χ4n) is 1.32. The summed E-state index contributed by atoms with van der Waals surface area (Å²) in [4.78, 5) is 8.05. The lowest BCUT2D eigenvalue weighted by Gasteiger charge is -2.11. The van der Waals surface area contributed by atoms with E-state index in [1.165, 1.54) is 5.56 Å². The lowest BCUT2D eigenvalue weighted by molar-refractivity contribution is 0.568. The average molecular weight is 219 g/mol. The second-order valence-corrected chi connectivity index (χ2v) is 4.14. The molecule has 0 aromatic carbocycles. The van der Waals surface area contributed by atoms with Crippen molar-refractivity contribution in [2.45, 2.75) is 19.5 Å². The summed E-state index contributed by atoms with van der Waals surface area (Å²) in [6, 6.07) is 4.43. The van der Waals surface area contributed by atoms with Crippen LogP contribution >= 0.6 is 11.3 Å². The van der Waals surface area contributed by atoms with Crippen LogP contribution in [0.1, 0.15) is 24.2 Å². The van der Waals surface area contributed by atoms with Gasteiger partial charge in [-0.05, 0) is 35.4 Å². The highest BCUT2D eigenvalue weighted by atomic mass is 32.1. The number of hydrogen-bond acceptors (Lipinski definition) is 4. The Hall–Kier alpha value is -1.26. The molecule has 0 radical (unpaired) electrons. The maximum absolute atomic E-state index is 4.16. The predicted octanol–water partition coefficient (Wildman–Crippen LogP) is 2.39. The van der Waals surface area contributed by atoms with Gasteiger partial charge in [0.15, 0.2) is 0 Å². The predicted molar refractivity (Wildman–Crippen MR) is 61.6 cm³/mol. The quantitative estimate of drug-likeness (QED) is 0.858. The normalized spacial score (nSPS) is 12.6. The van der Waals surface area contributed by atoms with Crippen molar-refractivity contribution in [3.8, 4) is 0 Å². The minimum absolute atomic E-state index is 0.367. The van der Waals surface area contributed by atoms with Crippen LogP contribution in [0, 0.1) is 0 Å². The van der Waals surface area contributed by atoms with Crippen molar-refractivity contribution < 1.29 is 0 Å². The van der Waals surface area contributed by atoms with Gasteiger partial charge in [-0.1, -0.05) is 0 Å². The van der Waals surface area contributed by atoms with Gasteiger partial charge >= 0.3 is 0 Å². The first-order chi connectivity index (χ1) is 7.36. The minimum atomic E-state index is 0.367. The number of rotatable bonds is 4. The molecule has 1 unspecified atom stereocenters. The Balaban J connectivity index is 1.89. The summed E-state index contributed by atoms with van der Waals surface area (Å²) in [6.07, 6.45) is 3.34. The van der Waals surface area contributed by atoms with E-state index in [1.54, 1.807) is 23.9 Å². The van der Waals surface area contributed by atoms with Gasteiger partial charge in [0, 0.05) is 18.8 Å². The SMILES string of the molecule is CC(NCc1ccncn1)c1ccsc1. The molecule has 1 atom stereocenters. The van der Waals surface area contributed by atoms with Crippen LogP contribution < -0.4 is 5.32 Å². The third-order valence-corrected chi connectivity index (χ3v) is 2.98. The van der Waals surface area contributed by atoms with Gasteiger partial charge in [-0.2, -0.15) is 11.3 Å². The molecule has 2 rings (SSSR count). The van der Waals surface area contributed by atoms with E-state index in [0.717, 1.165) is 12.2 Å².